The number of nitrogens with one attached hydrogen (secondary N) is 14. The molecule has 0 saturated heterocycles. The van der Waals surface area contributed by atoms with Gasteiger partial charge in [-0.15, -0.1) is 0 Å². The molecule has 0 aliphatic carbocycles. The van der Waals surface area contributed by atoms with Gasteiger partial charge in [0.1, 0.15) is 71.2 Å². The fourth-order valence-corrected chi connectivity index (χ4v) is 13.6. The summed E-state index contributed by atoms with van der Waals surface area (Å²) in [7, 11) is 0. The van der Waals surface area contributed by atoms with E-state index < -0.39 is 197 Å². The lowest BCUT2D eigenvalue weighted by atomic mass is 9.90. The predicted molar refractivity (Wildman–Crippen MR) is 451 cm³/mol. The molecule has 21 N–H and O–H groups in total. The molecule has 5 rings (SSSR count). The van der Waals surface area contributed by atoms with Crippen molar-refractivity contribution in [3.8, 4) is 5.75 Å². The van der Waals surface area contributed by atoms with Gasteiger partial charge in [0.2, 0.25) is 94.3 Å². The van der Waals surface area contributed by atoms with Gasteiger partial charge in [0.05, 0.1) is 30.7 Å². The highest BCUT2D eigenvalue weighted by atomic mass is 16.3. The minimum absolute atomic E-state index is 0.00251. The van der Waals surface area contributed by atoms with Crippen LogP contribution in [0.15, 0.2) is 97.2 Å². The minimum atomic E-state index is -1.91. The number of nitrogens with two attached hydrogens (primary N) is 2. The van der Waals surface area contributed by atoms with Gasteiger partial charge < -0.3 is 101 Å². The number of para-hydroxylation sites is 1. The van der Waals surface area contributed by atoms with E-state index in [1.54, 1.807) is 60.8 Å². The molecule has 15 atom stereocenters. The molecule has 3 aromatic carbocycles. The van der Waals surface area contributed by atoms with E-state index in [1.807, 2.05) is 39.8 Å². The van der Waals surface area contributed by atoms with Crippen molar-refractivity contribution in [1.29, 1.82) is 0 Å². The summed E-state index contributed by atoms with van der Waals surface area (Å²) in [6.45, 7) is 16.6. The summed E-state index contributed by atoms with van der Waals surface area (Å²) in [5, 5.41) is 67.0. The number of fused-ring (bicyclic) bond motifs is 1. The fraction of sp³-hybridized carbons (Fsp3) is 0.558. The van der Waals surface area contributed by atoms with Crippen LogP contribution in [-0.4, -0.2) is 211 Å². The van der Waals surface area contributed by atoms with E-state index in [2.05, 4.69) is 74.1 Å². The van der Waals surface area contributed by atoms with E-state index in [4.69, 9.17) is 11.5 Å². The number of aromatic nitrogens is 1. The number of H-pyrrole nitrogens is 1. The van der Waals surface area contributed by atoms with Crippen LogP contribution in [0.5, 0.6) is 5.75 Å². The number of hydrogen-bond acceptors (Lipinski definition) is 20. The van der Waals surface area contributed by atoms with Crippen molar-refractivity contribution in [1.82, 2.24) is 74.1 Å². The number of amides is 14. The average molecular weight is 1690 g/mol. The molecule has 1 aromatic heterocycles. The number of benzene rings is 3. The molecule has 0 fully saturated rings. The summed E-state index contributed by atoms with van der Waals surface area (Å²) >= 11 is 0. The summed E-state index contributed by atoms with van der Waals surface area (Å²) in [5.74, 6) is -15.8. The second kappa shape index (κ2) is 48.7. The maximum atomic E-state index is 15.2. The van der Waals surface area contributed by atoms with Crippen LogP contribution in [0.4, 0.5) is 0 Å². The Hall–Kier alpha value is -11.5. The molecule has 0 saturated carbocycles. The Morgan fingerprint density at radius 3 is 1.80 bits per heavy atom. The van der Waals surface area contributed by atoms with Crippen LogP contribution in [0.1, 0.15) is 190 Å². The number of Topliss-reactive ketones (excluding diaryl/α,β-unsaturated/α-hetero) is 2. The monoisotopic (exact) mass is 1690 g/mol. The Kier molecular flexibility index (Phi) is 40.3. The topological polar surface area (TPSA) is 558 Å². The summed E-state index contributed by atoms with van der Waals surface area (Å²) in [6, 6.07) is 4.98. The van der Waals surface area contributed by atoms with Crippen molar-refractivity contribution >= 4 is 105 Å². The lowest BCUT2D eigenvalue weighted by Crippen LogP contribution is -2.64. The van der Waals surface area contributed by atoms with Gasteiger partial charge >= 0.3 is 0 Å². The van der Waals surface area contributed by atoms with Gasteiger partial charge in [-0.25, -0.2) is 0 Å². The third kappa shape index (κ3) is 32.9. The maximum absolute atomic E-state index is 15.2. The number of carbonyl (C=O) groups is 16. The Labute approximate surface area is 706 Å². The van der Waals surface area contributed by atoms with Crippen molar-refractivity contribution in [3.05, 3.63) is 114 Å². The number of aliphatic hydroxyl groups is 2. The van der Waals surface area contributed by atoms with E-state index in [-0.39, 0.29) is 88.3 Å². The molecule has 2 heterocycles. The second-order valence-electron chi connectivity index (χ2n) is 32.7. The third-order valence-electron chi connectivity index (χ3n) is 21.1. The van der Waals surface area contributed by atoms with Crippen molar-refractivity contribution in [3.63, 3.8) is 0 Å². The highest BCUT2D eigenvalue weighted by molar-refractivity contribution is 6.41. The number of phenolic OH excluding ortho intramolecular Hbond substituents is 1. The number of hydrogen-bond donors (Lipinski definition) is 19. The standard InChI is InChI=1S/C86H126N16O19/c1-48(2)31-34-58-45-90-63(37-38-69(87)107)72(109)71(108)50(5)91-77(114)67(44-59-46-89-62-30-24-23-29-61(59)62)97-78(115)65(43-57-32-35-60(106)36-33-57)96-75(112)53(8)94-83(120)85(11,102-81(118)66(42-56-27-21-20-22-28-56)98-82(119)70(54(9)104)100-79(116)64(41-49(3)4)95-55(10)105)39-25-18-16-14-13-15-17-19-26-40-86(12,101-76(58)113)84(121)99-68(47-103)80(117)93-52(7)74(111)92-51(6)73(88)110/h15,17,20-24,27-30,32-33,35-36,46,48-54,58,63-68,70,89-90,103-104,106H,13-14,16,18-19,25-26,31,34,37-45,47H2,1-12H3,(H2,87,107)(H2,88,110)(H,91,114)(H,92,111)(H,93,117)(H,94,120)(H,95,105)(H,96,112)(H,97,115)(H,98,119)(H,99,121)(H,100,116)(H,101,113)(H,102,118)/b17-15+/t50?,51?,52-,53?,54+,58+,63-,64-,65-,66-,67-,68?,70-,85+,86-/m0/s1. The lowest BCUT2D eigenvalue weighted by molar-refractivity contribution is -0.140. The number of aromatic hydroxyl groups is 1. The summed E-state index contributed by atoms with van der Waals surface area (Å²) < 4.78 is 0. The van der Waals surface area contributed by atoms with E-state index in [1.165, 1.54) is 79.7 Å². The number of aromatic amines is 1. The quantitative estimate of drug-likeness (QED) is 0.0256. The first-order valence-electron chi connectivity index (χ1n) is 41.4. The number of carbonyl (C=O) groups excluding carboxylic acids is 16. The van der Waals surface area contributed by atoms with Gasteiger partial charge in [-0.05, 0) is 153 Å². The smallest absolute Gasteiger partial charge is 0.246 e. The van der Waals surface area contributed by atoms with Crippen LogP contribution in [0.3, 0.4) is 0 Å². The zero-order valence-electron chi connectivity index (χ0n) is 71.4. The van der Waals surface area contributed by atoms with Crippen LogP contribution in [0.2, 0.25) is 0 Å². The van der Waals surface area contributed by atoms with Crippen LogP contribution < -0.4 is 80.6 Å². The van der Waals surface area contributed by atoms with Crippen LogP contribution >= 0.6 is 0 Å². The van der Waals surface area contributed by atoms with Crippen LogP contribution in [0.25, 0.3) is 10.9 Å². The van der Waals surface area contributed by atoms with Crippen molar-refractivity contribution in [2.45, 2.75) is 276 Å². The summed E-state index contributed by atoms with van der Waals surface area (Å²) in [6.07, 6.45) is 5.86. The normalized spacial score (nSPS) is 22.8. The first-order chi connectivity index (χ1) is 57.0. The summed E-state index contributed by atoms with van der Waals surface area (Å²) in [5.41, 5.74) is 9.25. The number of phenols is 1. The molecule has 4 aromatic rings. The molecule has 1 aliphatic rings. The molecular weight excluding hydrogens is 1560 g/mol. The number of allylic oxidation sites excluding steroid dienone is 2. The fourth-order valence-electron chi connectivity index (χ4n) is 13.6. The van der Waals surface area contributed by atoms with Gasteiger partial charge in [-0.1, -0.05) is 126 Å². The van der Waals surface area contributed by atoms with E-state index in [0.29, 0.717) is 66.1 Å². The molecule has 35 nitrogen and oxygen atoms in total. The molecule has 35 heteroatoms. The SMILES string of the molecule is CC(=O)N[C@@H](CC(C)C)C(=O)N[C@H](C(=O)N[C@@H](Cc1ccccc1)C(=O)N[C@]1(C)CCCCCC/C=C/CCC[C@@](C)(C(=O)NC(CO)C(=O)N[C@@H](C)C(=O)NC(C)C(N)=O)NC(=O)[C@H](CCC(C)C)CN[C@@H](CCC(N)=O)C(=O)C(=O)C(C)NC(=O)[C@H](Cc2c[nH]c3ccccc23)NC(=O)[C@H](Cc2ccc(O)cc2)NC(=O)C(C)NC1=O)[C@@H](C)O. The highest BCUT2D eigenvalue weighted by Gasteiger charge is 2.43. The third-order valence-corrected chi connectivity index (χ3v) is 21.1. The maximum Gasteiger partial charge on any atom is 0.246 e. The molecule has 0 spiro atoms. The number of aliphatic hydroxyl groups excluding tert-OH is 2. The van der Waals surface area contributed by atoms with E-state index >= 15 is 19.2 Å². The zero-order valence-corrected chi connectivity index (χ0v) is 71.4. The van der Waals surface area contributed by atoms with Gasteiger partial charge in [0, 0.05) is 56.3 Å². The Morgan fingerprint density at radius 1 is 0.562 bits per heavy atom. The van der Waals surface area contributed by atoms with Crippen LogP contribution in [-0.2, 0) is 96.0 Å². The number of rotatable bonds is 30. The minimum Gasteiger partial charge on any atom is -0.508 e. The number of primary amides is 2. The summed E-state index contributed by atoms with van der Waals surface area (Å²) in [4.78, 5) is 229. The Bertz CT molecular complexity index is 4270. The van der Waals surface area contributed by atoms with Crippen LogP contribution in [0, 0.1) is 17.8 Å². The first-order valence-corrected chi connectivity index (χ1v) is 41.4. The van der Waals surface area contributed by atoms with E-state index in [9.17, 15) is 72.9 Å². The Balaban J connectivity index is 1.61. The van der Waals surface area contributed by atoms with Crippen molar-refractivity contribution in [2.24, 2.45) is 29.2 Å². The van der Waals surface area contributed by atoms with Gasteiger partial charge in [-0.2, -0.15) is 0 Å². The van der Waals surface area contributed by atoms with Gasteiger partial charge in [0.15, 0.2) is 0 Å². The highest BCUT2D eigenvalue weighted by Crippen LogP contribution is 2.25. The molecule has 664 valence electrons. The zero-order chi connectivity index (χ0) is 90.0. The predicted octanol–water partition coefficient (Wildman–Crippen LogP) is 0.998. The first kappa shape index (κ1) is 100. The Morgan fingerprint density at radius 2 is 1.17 bits per heavy atom. The largest absolute Gasteiger partial charge is 0.508 e. The average Bonchev–Trinajstić information content (AvgIpc) is 1.69. The van der Waals surface area contributed by atoms with Gasteiger partial charge in [-0.3, -0.25) is 76.7 Å². The molecule has 0 bridgehead atoms. The van der Waals surface area contributed by atoms with Crippen molar-refractivity contribution < 1.29 is 92.0 Å². The van der Waals surface area contributed by atoms with Gasteiger partial charge in [0.25, 0.3) is 0 Å². The molecular formula is C86H126N16O19. The van der Waals surface area contributed by atoms with E-state index in [0.717, 1.165) is 0 Å². The lowest BCUT2D eigenvalue weighted by Gasteiger charge is -2.33. The molecule has 1 aliphatic heterocycles. The molecule has 121 heavy (non-hydrogen) atoms. The molecule has 14 amide bonds. The number of ketones is 2. The van der Waals surface area contributed by atoms with Crippen molar-refractivity contribution in [2.75, 3.05) is 13.2 Å². The molecule has 0 radical (unpaired) electrons. The molecule has 4 unspecified atom stereocenters. The second-order valence-corrected chi connectivity index (χ2v) is 32.7.